The van der Waals surface area contributed by atoms with Crippen LogP contribution in [0, 0.1) is 13.8 Å². The maximum absolute atomic E-state index is 12.6. The summed E-state index contributed by atoms with van der Waals surface area (Å²) in [6.07, 6.45) is 1.86. The molecule has 0 aromatic carbocycles. The van der Waals surface area contributed by atoms with Gasteiger partial charge in [0, 0.05) is 11.4 Å². The highest BCUT2D eigenvalue weighted by Crippen LogP contribution is 2.32. The molecule has 1 saturated heterocycles. The molecule has 0 amide bonds. The molecule has 7 heteroatoms. The summed E-state index contributed by atoms with van der Waals surface area (Å²) in [6.45, 7) is 3.88. The van der Waals surface area contributed by atoms with Crippen LogP contribution in [0.25, 0.3) is 0 Å². The summed E-state index contributed by atoms with van der Waals surface area (Å²) in [5, 5.41) is 9.19. The number of rotatable bonds is 3. The lowest BCUT2D eigenvalue weighted by atomic mass is 10.1. The average molecular weight is 303 g/mol. The molecule has 106 valence electrons. The number of aliphatic carboxylic acids is 1. The fourth-order valence-corrected chi connectivity index (χ4v) is 5.85. The third kappa shape index (κ3) is 2.68. The maximum Gasteiger partial charge on any atom is 0.322 e. The van der Waals surface area contributed by atoms with Crippen molar-refractivity contribution in [1.29, 1.82) is 0 Å². The fraction of sp³-hybridized carbons (Fsp3) is 0.583. The summed E-state index contributed by atoms with van der Waals surface area (Å²) in [4.78, 5) is 12.1. The van der Waals surface area contributed by atoms with Crippen molar-refractivity contribution in [2.24, 2.45) is 0 Å². The molecule has 1 aromatic rings. The van der Waals surface area contributed by atoms with Gasteiger partial charge >= 0.3 is 5.97 Å². The van der Waals surface area contributed by atoms with Crippen LogP contribution in [0.2, 0.25) is 0 Å². The van der Waals surface area contributed by atoms with Crippen molar-refractivity contribution >= 4 is 27.3 Å². The zero-order valence-electron chi connectivity index (χ0n) is 10.9. The SMILES string of the molecule is Cc1cc(C)c(S(=O)(=O)N2CCCCC2C(=O)O)s1. The monoisotopic (exact) mass is 303 g/mol. The summed E-state index contributed by atoms with van der Waals surface area (Å²) >= 11 is 1.21. The van der Waals surface area contributed by atoms with E-state index in [2.05, 4.69) is 0 Å². The van der Waals surface area contributed by atoms with Gasteiger partial charge in [-0.1, -0.05) is 0 Å². The Balaban J connectivity index is 2.43. The number of hydrogen-bond acceptors (Lipinski definition) is 4. The van der Waals surface area contributed by atoms with Crippen LogP contribution in [-0.4, -0.2) is 36.4 Å². The summed E-state index contributed by atoms with van der Waals surface area (Å²) < 4.78 is 26.6. The van der Waals surface area contributed by atoms with E-state index < -0.39 is 22.0 Å². The van der Waals surface area contributed by atoms with Crippen molar-refractivity contribution in [2.75, 3.05) is 6.54 Å². The molecule has 1 aromatic heterocycles. The molecule has 19 heavy (non-hydrogen) atoms. The van der Waals surface area contributed by atoms with Gasteiger partial charge in [-0.3, -0.25) is 4.79 Å². The Kier molecular flexibility index (Phi) is 3.98. The van der Waals surface area contributed by atoms with Gasteiger partial charge in [-0.05, 0) is 44.7 Å². The van der Waals surface area contributed by atoms with Crippen LogP contribution in [0.4, 0.5) is 0 Å². The average Bonchev–Trinajstić information content (AvgIpc) is 2.69. The van der Waals surface area contributed by atoms with Gasteiger partial charge in [-0.15, -0.1) is 11.3 Å². The van der Waals surface area contributed by atoms with E-state index in [0.29, 0.717) is 18.4 Å². The van der Waals surface area contributed by atoms with Gasteiger partial charge in [0.2, 0.25) is 0 Å². The van der Waals surface area contributed by atoms with Crippen LogP contribution in [0.3, 0.4) is 0 Å². The van der Waals surface area contributed by atoms with E-state index in [1.54, 1.807) is 6.92 Å². The van der Waals surface area contributed by atoms with Crippen LogP contribution in [-0.2, 0) is 14.8 Å². The molecular weight excluding hydrogens is 286 g/mol. The lowest BCUT2D eigenvalue weighted by molar-refractivity contribution is -0.142. The standard InChI is InChI=1S/C12H17NO4S2/c1-8-7-9(2)18-12(8)19(16,17)13-6-4-3-5-10(13)11(14)15/h7,10H,3-6H2,1-2H3,(H,14,15). The molecule has 1 atom stereocenters. The Morgan fingerprint density at radius 3 is 2.63 bits per heavy atom. The number of carboxylic acids is 1. The second-order valence-electron chi connectivity index (χ2n) is 4.79. The van der Waals surface area contributed by atoms with Crippen molar-refractivity contribution < 1.29 is 18.3 Å². The predicted octanol–water partition coefficient (Wildman–Crippen LogP) is 1.99. The Hall–Kier alpha value is -0.920. The van der Waals surface area contributed by atoms with Crippen molar-refractivity contribution in [2.45, 2.75) is 43.4 Å². The molecule has 2 rings (SSSR count). The van der Waals surface area contributed by atoms with Crippen LogP contribution < -0.4 is 0 Å². The summed E-state index contributed by atoms with van der Waals surface area (Å²) in [7, 11) is -3.70. The normalized spacial score (nSPS) is 21.5. The largest absolute Gasteiger partial charge is 0.480 e. The highest BCUT2D eigenvalue weighted by molar-refractivity contribution is 7.91. The van der Waals surface area contributed by atoms with E-state index >= 15 is 0 Å². The van der Waals surface area contributed by atoms with Gasteiger partial charge in [0.25, 0.3) is 10.0 Å². The first-order chi connectivity index (χ1) is 8.84. The van der Waals surface area contributed by atoms with Crippen LogP contribution in [0.5, 0.6) is 0 Å². The first kappa shape index (κ1) is 14.5. The quantitative estimate of drug-likeness (QED) is 0.926. The molecule has 0 aliphatic carbocycles. The van der Waals surface area contributed by atoms with Crippen LogP contribution in [0.15, 0.2) is 10.3 Å². The smallest absolute Gasteiger partial charge is 0.322 e. The molecule has 1 fully saturated rings. The number of sulfonamides is 1. The Labute approximate surface area is 116 Å². The molecule has 0 bridgehead atoms. The lowest BCUT2D eigenvalue weighted by Gasteiger charge is -2.31. The van der Waals surface area contributed by atoms with Crippen LogP contribution >= 0.6 is 11.3 Å². The van der Waals surface area contributed by atoms with Crippen LogP contribution in [0.1, 0.15) is 29.7 Å². The number of thiophene rings is 1. The molecule has 1 N–H and O–H groups in total. The van der Waals surface area contributed by atoms with E-state index in [-0.39, 0.29) is 10.8 Å². The van der Waals surface area contributed by atoms with Gasteiger partial charge in [-0.25, -0.2) is 8.42 Å². The molecule has 2 heterocycles. The molecule has 1 unspecified atom stereocenters. The van der Waals surface area contributed by atoms with Crippen molar-refractivity contribution in [3.8, 4) is 0 Å². The number of piperidine rings is 1. The zero-order valence-corrected chi connectivity index (χ0v) is 12.6. The van der Waals surface area contributed by atoms with Crippen molar-refractivity contribution in [3.63, 3.8) is 0 Å². The minimum atomic E-state index is -3.70. The predicted molar refractivity (Wildman–Crippen MR) is 73.0 cm³/mol. The Bertz CT molecular complexity index is 591. The number of carbonyl (C=O) groups is 1. The first-order valence-electron chi connectivity index (χ1n) is 6.15. The van der Waals surface area contributed by atoms with Gasteiger partial charge in [0.15, 0.2) is 0 Å². The van der Waals surface area contributed by atoms with E-state index in [1.165, 1.54) is 11.3 Å². The highest BCUT2D eigenvalue weighted by atomic mass is 32.2. The maximum atomic E-state index is 12.6. The van der Waals surface area contributed by atoms with E-state index in [9.17, 15) is 18.3 Å². The minimum absolute atomic E-state index is 0.276. The third-order valence-corrected chi connectivity index (χ3v) is 6.95. The van der Waals surface area contributed by atoms with Gasteiger partial charge < -0.3 is 5.11 Å². The fourth-order valence-electron chi connectivity index (χ4n) is 2.42. The number of hydrogen-bond donors (Lipinski definition) is 1. The lowest BCUT2D eigenvalue weighted by Crippen LogP contribution is -2.47. The van der Waals surface area contributed by atoms with Gasteiger partial charge in [-0.2, -0.15) is 4.31 Å². The minimum Gasteiger partial charge on any atom is -0.480 e. The van der Waals surface area contributed by atoms with Crippen molar-refractivity contribution in [1.82, 2.24) is 4.31 Å². The third-order valence-electron chi connectivity index (χ3n) is 3.28. The number of aryl methyl sites for hydroxylation is 2. The highest BCUT2D eigenvalue weighted by Gasteiger charge is 2.38. The number of nitrogens with zero attached hydrogens (tertiary/aromatic N) is 1. The van der Waals surface area contributed by atoms with Crippen molar-refractivity contribution in [3.05, 3.63) is 16.5 Å². The molecule has 0 saturated carbocycles. The summed E-state index contributed by atoms with van der Waals surface area (Å²) in [5.41, 5.74) is 0.692. The van der Waals surface area contributed by atoms with E-state index in [1.807, 2.05) is 13.0 Å². The summed E-state index contributed by atoms with van der Waals surface area (Å²) in [5.74, 6) is -1.06. The Morgan fingerprint density at radius 2 is 2.11 bits per heavy atom. The molecule has 0 spiro atoms. The molecule has 0 radical (unpaired) electrons. The second kappa shape index (κ2) is 5.22. The van der Waals surface area contributed by atoms with Gasteiger partial charge in [0.05, 0.1) is 0 Å². The first-order valence-corrected chi connectivity index (χ1v) is 8.41. The van der Waals surface area contributed by atoms with E-state index in [0.717, 1.165) is 15.6 Å². The van der Waals surface area contributed by atoms with E-state index in [4.69, 9.17) is 0 Å². The zero-order chi connectivity index (χ0) is 14.2. The molecular formula is C12H17NO4S2. The second-order valence-corrected chi connectivity index (χ2v) is 8.14. The molecule has 1 aliphatic heterocycles. The summed E-state index contributed by atoms with van der Waals surface area (Å²) in [6, 6.07) is 0.887. The molecule has 1 aliphatic rings. The molecule has 5 nitrogen and oxygen atoms in total. The number of carboxylic acid groups (broad SMARTS) is 1. The topological polar surface area (TPSA) is 74.7 Å². The van der Waals surface area contributed by atoms with Gasteiger partial charge in [0.1, 0.15) is 10.3 Å². The Morgan fingerprint density at radius 1 is 1.42 bits per heavy atom.